The highest BCUT2D eigenvalue weighted by atomic mass is 35.5. The maximum Gasteiger partial charge on any atom is 0.207 e. The molecule has 0 aromatic rings. The summed E-state index contributed by atoms with van der Waals surface area (Å²) in [4.78, 5) is 16.8. The second-order valence-electron chi connectivity index (χ2n) is 1.55. The highest BCUT2D eigenvalue weighted by molar-refractivity contribution is 6.30. The molecule has 0 aromatic heterocycles. The molecule has 0 aromatic carbocycles. The Morgan fingerprint density at radius 3 is 2.55 bits per heavy atom. The van der Waals surface area contributed by atoms with Gasteiger partial charge in [0.15, 0.2) is 5.16 Å². The maximum atomic E-state index is 9.85. The van der Waals surface area contributed by atoms with E-state index in [2.05, 4.69) is 28.7 Å². The lowest BCUT2D eigenvalue weighted by atomic mass is 10.5. The molecule has 0 saturated carbocycles. The molecule has 0 aliphatic carbocycles. The van der Waals surface area contributed by atoms with Gasteiger partial charge in [-0.25, -0.2) is 0 Å². The first-order valence-electron chi connectivity index (χ1n) is 2.75. The molecule has 1 N–H and O–H groups in total. The molecular weight excluding hydrogens is 166 g/mol. The number of aliphatic imine (C=N–C) groups is 2. The molecule has 11 heavy (non-hydrogen) atoms. The van der Waals surface area contributed by atoms with Crippen LogP contribution in [0.5, 0.6) is 0 Å². The molecule has 0 aliphatic heterocycles. The van der Waals surface area contributed by atoms with Crippen LogP contribution in [-0.2, 0) is 4.79 Å². The second-order valence-corrected chi connectivity index (χ2v) is 1.91. The van der Waals surface area contributed by atoms with Gasteiger partial charge in [-0.15, -0.1) is 0 Å². The number of nitrogens with one attached hydrogen (secondary N) is 1. The van der Waals surface area contributed by atoms with Crippen LogP contribution in [0, 0.1) is 0 Å². The van der Waals surface area contributed by atoms with Gasteiger partial charge in [-0.1, -0.05) is 11.6 Å². The van der Waals surface area contributed by atoms with E-state index in [1.54, 1.807) is 0 Å². The van der Waals surface area contributed by atoms with Crippen LogP contribution in [0.1, 0.15) is 0 Å². The first-order chi connectivity index (χ1) is 5.26. The summed E-state index contributed by atoms with van der Waals surface area (Å²) in [5.41, 5.74) is 0.397. The quantitative estimate of drug-likeness (QED) is 0.368. The molecule has 0 saturated heterocycles. The summed E-state index contributed by atoms with van der Waals surface area (Å²) in [5.74, 6) is 0. The number of hydrogen-bond donors (Lipinski definition) is 1. The molecule has 0 unspecified atom stereocenters. The standard InChI is InChI=1S/C6H8ClN3O/c1-8-5(3-10-4-11)6(7)9-2/h4H,1-3H2,(H,10,11)/b6-5-. The molecule has 0 aliphatic rings. The number of carbonyl (C=O) groups excluding carboxylic acids is 1. The Morgan fingerprint density at radius 1 is 1.55 bits per heavy atom. The van der Waals surface area contributed by atoms with Gasteiger partial charge in [-0.3, -0.25) is 14.8 Å². The monoisotopic (exact) mass is 173 g/mol. The van der Waals surface area contributed by atoms with Gasteiger partial charge in [0.1, 0.15) is 0 Å². The summed E-state index contributed by atoms with van der Waals surface area (Å²) in [6, 6.07) is 0. The third-order valence-corrected chi connectivity index (χ3v) is 1.26. The van der Waals surface area contributed by atoms with Gasteiger partial charge in [0.25, 0.3) is 0 Å². The smallest absolute Gasteiger partial charge is 0.207 e. The molecular formula is C6H8ClN3O. The van der Waals surface area contributed by atoms with E-state index in [0.29, 0.717) is 12.1 Å². The Hall–Kier alpha value is -1.16. The van der Waals surface area contributed by atoms with E-state index in [4.69, 9.17) is 11.6 Å². The van der Waals surface area contributed by atoms with Crippen LogP contribution in [0.3, 0.4) is 0 Å². The van der Waals surface area contributed by atoms with Gasteiger partial charge in [0.2, 0.25) is 6.41 Å². The molecule has 0 atom stereocenters. The fraction of sp³-hybridized carbons (Fsp3) is 0.167. The highest BCUT2D eigenvalue weighted by Crippen LogP contribution is 2.09. The average molecular weight is 174 g/mol. The second kappa shape index (κ2) is 5.61. The van der Waals surface area contributed by atoms with Crippen molar-refractivity contribution in [2.24, 2.45) is 9.98 Å². The van der Waals surface area contributed by atoms with Crippen LogP contribution in [-0.4, -0.2) is 26.4 Å². The van der Waals surface area contributed by atoms with Gasteiger partial charge in [0, 0.05) is 0 Å². The Bertz CT molecular complexity index is 200. The third kappa shape index (κ3) is 3.52. The molecule has 0 bridgehead atoms. The van der Waals surface area contributed by atoms with Gasteiger partial charge in [-0.05, 0) is 13.4 Å². The van der Waals surface area contributed by atoms with Crippen LogP contribution in [0.15, 0.2) is 20.8 Å². The number of carbonyl (C=O) groups is 1. The number of amides is 1. The highest BCUT2D eigenvalue weighted by Gasteiger charge is 1.98. The van der Waals surface area contributed by atoms with E-state index in [1.165, 1.54) is 0 Å². The van der Waals surface area contributed by atoms with Crippen LogP contribution in [0.2, 0.25) is 0 Å². The van der Waals surface area contributed by atoms with Gasteiger partial charge in [-0.2, -0.15) is 0 Å². The minimum Gasteiger partial charge on any atom is -0.353 e. The SMILES string of the molecule is C=N/C(Cl)=C(/CNC=O)N=C. The van der Waals surface area contributed by atoms with Crippen LogP contribution < -0.4 is 5.32 Å². The van der Waals surface area contributed by atoms with Crippen molar-refractivity contribution < 1.29 is 4.79 Å². The van der Waals surface area contributed by atoms with Crippen molar-refractivity contribution in [3.63, 3.8) is 0 Å². The number of hydrogen-bond acceptors (Lipinski definition) is 3. The first kappa shape index (κ1) is 9.84. The summed E-state index contributed by atoms with van der Waals surface area (Å²) in [6.07, 6.45) is 0.540. The summed E-state index contributed by atoms with van der Waals surface area (Å²) >= 11 is 5.53. The van der Waals surface area contributed by atoms with E-state index in [-0.39, 0.29) is 11.7 Å². The van der Waals surface area contributed by atoms with E-state index in [0.717, 1.165) is 0 Å². The molecule has 1 amide bonds. The maximum absolute atomic E-state index is 9.85. The molecule has 0 spiro atoms. The molecule has 0 rings (SSSR count). The number of halogens is 1. The lowest BCUT2D eigenvalue weighted by Crippen LogP contribution is -2.13. The normalized spacial score (nSPS) is 11.4. The molecule has 60 valence electrons. The Kier molecular flexibility index (Phi) is 5.02. The minimum absolute atomic E-state index is 0.148. The fourth-order valence-electron chi connectivity index (χ4n) is 0.424. The number of nitrogens with zero attached hydrogens (tertiary/aromatic N) is 2. The van der Waals surface area contributed by atoms with Gasteiger partial charge >= 0.3 is 0 Å². The van der Waals surface area contributed by atoms with E-state index >= 15 is 0 Å². The third-order valence-electron chi connectivity index (χ3n) is 0.921. The first-order valence-corrected chi connectivity index (χ1v) is 3.13. The van der Waals surface area contributed by atoms with Crippen molar-refractivity contribution in [3.8, 4) is 0 Å². The number of rotatable bonds is 5. The van der Waals surface area contributed by atoms with Crippen molar-refractivity contribution in [3.05, 3.63) is 10.9 Å². The predicted molar refractivity (Wildman–Crippen MR) is 46.0 cm³/mol. The average Bonchev–Trinajstić information content (AvgIpc) is 2.05. The largest absolute Gasteiger partial charge is 0.353 e. The fourth-order valence-corrected chi connectivity index (χ4v) is 0.550. The lowest BCUT2D eigenvalue weighted by molar-refractivity contribution is -0.109. The van der Waals surface area contributed by atoms with Crippen molar-refractivity contribution in [1.29, 1.82) is 0 Å². The van der Waals surface area contributed by atoms with E-state index in [1.807, 2.05) is 0 Å². The van der Waals surface area contributed by atoms with Gasteiger partial charge < -0.3 is 5.32 Å². The van der Waals surface area contributed by atoms with Crippen molar-refractivity contribution in [1.82, 2.24) is 5.32 Å². The Balaban J connectivity index is 4.25. The molecule has 0 heterocycles. The van der Waals surface area contributed by atoms with E-state index in [9.17, 15) is 4.79 Å². The Morgan fingerprint density at radius 2 is 2.18 bits per heavy atom. The van der Waals surface area contributed by atoms with Crippen LogP contribution in [0.4, 0.5) is 0 Å². The minimum atomic E-state index is 0.148. The summed E-state index contributed by atoms with van der Waals surface area (Å²) < 4.78 is 0. The molecule has 0 radical (unpaired) electrons. The zero-order valence-corrected chi connectivity index (χ0v) is 6.64. The van der Waals surface area contributed by atoms with Crippen molar-refractivity contribution >= 4 is 31.4 Å². The van der Waals surface area contributed by atoms with Crippen molar-refractivity contribution in [2.45, 2.75) is 0 Å². The van der Waals surface area contributed by atoms with Crippen LogP contribution >= 0.6 is 11.6 Å². The zero-order chi connectivity index (χ0) is 8.69. The summed E-state index contributed by atoms with van der Waals surface area (Å²) in [7, 11) is 0. The molecule has 4 nitrogen and oxygen atoms in total. The predicted octanol–water partition coefficient (Wildman–Crippen LogP) is 0.542. The lowest BCUT2D eigenvalue weighted by Gasteiger charge is -1.99. The van der Waals surface area contributed by atoms with Gasteiger partial charge in [0.05, 0.1) is 12.2 Å². The van der Waals surface area contributed by atoms with Crippen LogP contribution in [0.25, 0.3) is 0 Å². The summed E-state index contributed by atoms with van der Waals surface area (Å²) in [6.45, 7) is 6.65. The van der Waals surface area contributed by atoms with E-state index < -0.39 is 0 Å². The zero-order valence-electron chi connectivity index (χ0n) is 5.88. The Labute approximate surface area is 69.7 Å². The van der Waals surface area contributed by atoms with Crippen molar-refractivity contribution in [2.75, 3.05) is 6.54 Å². The molecule has 0 fully saturated rings. The topological polar surface area (TPSA) is 53.8 Å². The summed E-state index contributed by atoms with van der Waals surface area (Å²) in [5, 5.41) is 2.52. The molecule has 5 heteroatoms.